The summed E-state index contributed by atoms with van der Waals surface area (Å²) in [6.07, 6.45) is 0.920. The Morgan fingerprint density at radius 1 is 1.26 bits per heavy atom. The van der Waals surface area contributed by atoms with Crippen molar-refractivity contribution in [1.82, 2.24) is 15.6 Å². The van der Waals surface area contributed by atoms with Crippen LogP contribution in [-0.2, 0) is 6.42 Å². The van der Waals surface area contributed by atoms with Gasteiger partial charge in [-0.25, -0.2) is 4.98 Å². The number of hydrogen-bond acceptors (Lipinski definition) is 3. The van der Waals surface area contributed by atoms with E-state index in [1.165, 1.54) is 5.56 Å². The lowest BCUT2D eigenvalue weighted by atomic mass is 10.0. The van der Waals surface area contributed by atoms with Gasteiger partial charge in [0, 0.05) is 37.4 Å². The van der Waals surface area contributed by atoms with Crippen molar-refractivity contribution in [3.63, 3.8) is 0 Å². The molecular formula is C18H26N4S. The number of rotatable bonds is 7. The minimum absolute atomic E-state index is 0.410. The van der Waals surface area contributed by atoms with E-state index >= 15 is 0 Å². The van der Waals surface area contributed by atoms with Crippen molar-refractivity contribution in [2.75, 3.05) is 19.6 Å². The van der Waals surface area contributed by atoms with Gasteiger partial charge in [-0.1, -0.05) is 37.3 Å². The van der Waals surface area contributed by atoms with E-state index in [9.17, 15) is 0 Å². The summed E-state index contributed by atoms with van der Waals surface area (Å²) in [4.78, 5) is 9.19. The zero-order chi connectivity index (χ0) is 16.5. The van der Waals surface area contributed by atoms with E-state index in [-0.39, 0.29) is 0 Å². The highest BCUT2D eigenvalue weighted by Crippen LogP contribution is 2.14. The van der Waals surface area contributed by atoms with E-state index < -0.39 is 0 Å². The number of nitrogens with zero attached hydrogens (tertiary/aromatic N) is 2. The Kier molecular flexibility index (Phi) is 7.07. The molecule has 0 aliphatic carbocycles. The fraction of sp³-hybridized carbons (Fsp3) is 0.444. The Morgan fingerprint density at radius 2 is 2.04 bits per heavy atom. The molecular weight excluding hydrogens is 304 g/mol. The molecule has 1 aromatic carbocycles. The molecule has 1 heterocycles. The largest absolute Gasteiger partial charge is 0.357 e. The molecule has 2 rings (SSSR count). The average molecular weight is 331 g/mol. The van der Waals surface area contributed by atoms with Crippen molar-refractivity contribution in [1.29, 1.82) is 0 Å². The third-order valence-corrected chi connectivity index (χ3v) is 4.40. The molecule has 124 valence electrons. The molecule has 0 radical (unpaired) electrons. The van der Waals surface area contributed by atoms with Gasteiger partial charge in [0.25, 0.3) is 0 Å². The van der Waals surface area contributed by atoms with Crippen LogP contribution in [0.25, 0.3) is 0 Å². The van der Waals surface area contributed by atoms with Gasteiger partial charge in [-0.05, 0) is 19.4 Å². The molecule has 5 heteroatoms. The van der Waals surface area contributed by atoms with Crippen LogP contribution in [0.1, 0.15) is 36.0 Å². The van der Waals surface area contributed by atoms with Crippen molar-refractivity contribution >= 4 is 17.3 Å². The highest BCUT2D eigenvalue weighted by atomic mass is 32.1. The van der Waals surface area contributed by atoms with Gasteiger partial charge in [-0.2, -0.15) is 0 Å². The van der Waals surface area contributed by atoms with Crippen molar-refractivity contribution < 1.29 is 0 Å². The Labute approximate surface area is 143 Å². The van der Waals surface area contributed by atoms with Crippen LogP contribution in [0.2, 0.25) is 0 Å². The second-order valence-electron chi connectivity index (χ2n) is 5.57. The predicted octanol–water partition coefficient (Wildman–Crippen LogP) is 3.35. The van der Waals surface area contributed by atoms with Crippen LogP contribution < -0.4 is 10.6 Å². The van der Waals surface area contributed by atoms with Crippen LogP contribution in [0.4, 0.5) is 0 Å². The Morgan fingerprint density at radius 3 is 2.70 bits per heavy atom. The van der Waals surface area contributed by atoms with Gasteiger partial charge in [0.15, 0.2) is 5.96 Å². The standard InChI is InChI=1S/C18H26N4S/c1-4-19-18(20-11-10-17-13-23-15(3)22-17)21-12-14(2)16-8-6-5-7-9-16/h5-9,13-14H,4,10-12H2,1-3H3,(H2,19,20,21). The summed E-state index contributed by atoms with van der Waals surface area (Å²) in [6.45, 7) is 8.81. The monoisotopic (exact) mass is 330 g/mol. The number of thiazole rings is 1. The molecule has 0 saturated carbocycles. The van der Waals surface area contributed by atoms with E-state index in [1.807, 2.05) is 13.0 Å². The Bertz CT molecular complexity index is 606. The Balaban J connectivity index is 1.84. The van der Waals surface area contributed by atoms with Crippen LogP contribution >= 0.6 is 11.3 Å². The lowest BCUT2D eigenvalue weighted by Gasteiger charge is -2.13. The smallest absolute Gasteiger partial charge is 0.191 e. The van der Waals surface area contributed by atoms with Crippen LogP contribution in [0.3, 0.4) is 0 Å². The minimum Gasteiger partial charge on any atom is -0.357 e. The van der Waals surface area contributed by atoms with E-state index in [4.69, 9.17) is 4.99 Å². The van der Waals surface area contributed by atoms with Gasteiger partial charge < -0.3 is 10.6 Å². The molecule has 0 fully saturated rings. The first-order valence-corrected chi connectivity index (χ1v) is 9.05. The maximum Gasteiger partial charge on any atom is 0.191 e. The fourth-order valence-electron chi connectivity index (χ4n) is 2.29. The fourth-order valence-corrected chi connectivity index (χ4v) is 2.94. The van der Waals surface area contributed by atoms with Gasteiger partial charge in [0.05, 0.1) is 10.7 Å². The summed E-state index contributed by atoms with van der Waals surface area (Å²) in [5.41, 5.74) is 2.47. The molecule has 1 aromatic heterocycles. The van der Waals surface area contributed by atoms with E-state index in [0.29, 0.717) is 5.92 Å². The molecule has 0 saturated heterocycles. The van der Waals surface area contributed by atoms with Crippen LogP contribution in [-0.4, -0.2) is 30.6 Å². The summed E-state index contributed by atoms with van der Waals surface area (Å²) >= 11 is 1.70. The zero-order valence-corrected chi connectivity index (χ0v) is 15.0. The quantitative estimate of drug-likeness (QED) is 0.604. The maximum absolute atomic E-state index is 4.70. The van der Waals surface area contributed by atoms with Crippen molar-refractivity contribution in [3.05, 3.63) is 52.0 Å². The molecule has 0 aliphatic rings. The summed E-state index contributed by atoms with van der Waals surface area (Å²) < 4.78 is 0. The number of hydrogen-bond donors (Lipinski definition) is 2. The number of aromatic nitrogens is 1. The van der Waals surface area contributed by atoms with Gasteiger partial charge in [0.1, 0.15) is 0 Å². The molecule has 0 spiro atoms. The Hall–Kier alpha value is -1.88. The second kappa shape index (κ2) is 9.30. The highest BCUT2D eigenvalue weighted by molar-refractivity contribution is 7.09. The molecule has 0 bridgehead atoms. The van der Waals surface area contributed by atoms with Gasteiger partial charge in [0.2, 0.25) is 0 Å². The summed E-state index contributed by atoms with van der Waals surface area (Å²) in [6, 6.07) is 10.5. The predicted molar refractivity (Wildman–Crippen MR) is 99.4 cm³/mol. The summed E-state index contributed by atoms with van der Waals surface area (Å²) in [7, 11) is 0. The first kappa shape index (κ1) is 17.5. The van der Waals surface area contributed by atoms with Gasteiger partial charge in [-0.15, -0.1) is 11.3 Å². The summed E-state index contributed by atoms with van der Waals surface area (Å²) in [5, 5.41) is 9.94. The number of guanidine groups is 1. The van der Waals surface area contributed by atoms with E-state index in [0.717, 1.165) is 42.7 Å². The molecule has 0 aliphatic heterocycles. The highest BCUT2D eigenvalue weighted by Gasteiger charge is 2.05. The zero-order valence-electron chi connectivity index (χ0n) is 14.2. The van der Waals surface area contributed by atoms with Crippen LogP contribution in [0, 0.1) is 6.92 Å². The lowest BCUT2D eigenvalue weighted by molar-refractivity contribution is 0.743. The second-order valence-corrected chi connectivity index (χ2v) is 6.63. The normalized spacial score (nSPS) is 12.9. The number of aryl methyl sites for hydroxylation is 1. The molecule has 1 unspecified atom stereocenters. The minimum atomic E-state index is 0.410. The number of benzene rings is 1. The van der Waals surface area contributed by atoms with E-state index in [2.05, 4.69) is 59.1 Å². The average Bonchev–Trinajstić information content (AvgIpc) is 2.98. The first-order valence-electron chi connectivity index (χ1n) is 8.17. The molecule has 4 nitrogen and oxygen atoms in total. The van der Waals surface area contributed by atoms with E-state index in [1.54, 1.807) is 11.3 Å². The number of nitrogens with one attached hydrogen (secondary N) is 2. The molecule has 2 N–H and O–H groups in total. The van der Waals surface area contributed by atoms with Gasteiger partial charge >= 0.3 is 0 Å². The first-order chi connectivity index (χ1) is 11.2. The van der Waals surface area contributed by atoms with Crippen molar-refractivity contribution in [3.8, 4) is 0 Å². The number of aliphatic imine (C=N–C) groups is 1. The molecule has 2 aromatic rings. The lowest BCUT2D eigenvalue weighted by Crippen LogP contribution is -2.38. The van der Waals surface area contributed by atoms with Crippen LogP contribution in [0.15, 0.2) is 40.7 Å². The third-order valence-electron chi connectivity index (χ3n) is 3.58. The molecule has 0 amide bonds. The molecule has 23 heavy (non-hydrogen) atoms. The SMILES string of the molecule is CCNC(=NCC(C)c1ccccc1)NCCc1csc(C)n1. The summed E-state index contributed by atoms with van der Waals surface area (Å²) in [5.74, 6) is 1.29. The molecule has 1 atom stereocenters. The topological polar surface area (TPSA) is 49.3 Å². The van der Waals surface area contributed by atoms with Gasteiger partial charge in [-0.3, -0.25) is 4.99 Å². The maximum atomic E-state index is 4.70. The van der Waals surface area contributed by atoms with Crippen molar-refractivity contribution in [2.24, 2.45) is 4.99 Å². The third kappa shape index (κ3) is 6.02. The van der Waals surface area contributed by atoms with Crippen molar-refractivity contribution in [2.45, 2.75) is 33.1 Å². The van der Waals surface area contributed by atoms with Crippen LogP contribution in [0.5, 0.6) is 0 Å².